The molecule has 3 rings (SSSR count). The molecule has 0 radical (unpaired) electrons. The van der Waals surface area contributed by atoms with Crippen LogP contribution in [0.4, 0.5) is 0 Å². The van der Waals surface area contributed by atoms with Crippen molar-refractivity contribution in [1.29, 1.82) is 0 Å². The van der Waals surface area contributed by atoms with Crippen molar-refractivity contribution in [2.24, 2.45) is 0 Å². The summed E-state index contributed by atoms with van der Waals surface area (Å²) in [7, 11) is 1.52. The Morgan fingerprint density at radius 2 is 2.04 bits per heavy atom. The number of aromatic nitrogens is 2. The van der Waals surface area contributed by atoms with Crippen LogP contribution in [-0.2, 0) is 0 Å². The van der Waals surface area contributed by atoms with E-state index < -0.39 is 0 Å². The quantitative estimate of drug-likeness (QED) is 0.852. The average molecular weight is 350 g/mol. The topological polar surface area (TPSA) is 55.3 Å². The Morgan fingerprint density at radius 1 is 1.26 bits per heavy atom. The second-order valence-electron chi connectivity index (χ2n) is 5.10. The fourth-order valence-electron chi connectivity index (χ4n) is 2.50. The first-order valence-electron chi connectivity index (χ1n) is 7.21. The molecule has 1 amide bonds. The fraction of sp³-hybridized carbons (Fsp3) is 0.312. The van der Waals surface area contributed by atoms with Gasteiger partial charge in [0.15, 0.2) is 5.69 Å². The monoisotopic (exact) mass is 349 g/mol. The van der Waals surface area contributed by atoms with E-state index in [0.29, 0.717) is 23.1 Å². The van der Waals surface area contributed by atoms with Crippen LogP contribution in [0.15, 0.2) is 36.4 Å². The van der Waals surface area contributed by atoms with Gasteiger partial charge in [0.2, 0.25) is 5.88 Å². The Morgan fingerprint density at radius 3 is 2.70 bits per heavy atom. The number of amides is 1. The van der Waals surface area contributed by atoms with E-state index in [1.165, 1.54) is 7.11 Å². The Labute approximate surface area is 144 Å². The average Bonchev–Trinajstić information content (AvgIpc) is 2.62. The van der Waals surface area contributed by atoms with Crippen LogP contribution >= 0.6 is 23.4 Å². The van der Waals surface area contributed by atoms with Gasteiger partial charge < -0.3 is 9.64 Å². The number of carbonyl (C=O) groups is 1. The molecule has 1 saturated heterocycles. The van der Waals surface area contributed by atoms with E-state index in [1.807, 2.05) is 40.9 Å². The molecule has 7 heteroatoms. The van der Waals surface area contributed by atoms with Gasteiger partial charge in [-0.15, -0.1) is 10.2 Å². The van der Waals surface area contributed by atoms with Crippen molar-refractivity contribution in [2.75, 3.05) is 25.2 Å². The Bertz CT molecular complexity index is 679. The van der Waals surface area contributed by atoms with Gasteiger partial charge in [-0.2, -0.15) is 11.8 Å². The zero-order valence-corrected chi connectivity index (χ0v) is 14.2. The molecule has 0 saturated carbocycles. The molecule has 2 aromatic rings. The molecule has 1 aromatic carbocycles. The number of hydrogen-bond donors (Lipinski definition) is 0. The number of thioether (sulfide) groups is 1. The molecule has 5 nitrogen and oxygen atoms in total. The predicted octanol–water partition coefficient (Wildman–Crippen LogP) is 3.07. The van der Waals surface area contributed by atoms with Crippen LogP contribution in [0.1, 0.15) is 22.1 Å². The molecule has 0 aliphatic carbocycles. The number of ether oxygens (including phenoxy) is 1. The van der Waals surface area contributed by atoms with E-state index in [-0.39, 0.29) is 11.9 Å². The number of halogens is 1. The minimum Gasteiger partial charge on any atom is -0.480 e. The minimum atomic E-state index is -0.111. The zero-order chi connectivity index (χ0) is 16.2. The molecule has 0 bridgehead atoms. The number of hydrogen-bond acceptors (Lipinski definition) is 5. The summed E-state index contributed by atoms with van der Waals surface area (Å²) >= 11 is 7.80. The highest BCUT2D eigenvalue weighted by Crippen LogP contribution is 2.31. The lowest BCUT2D eigenvalue weighted by molar-refractivity contribution is 0.0694. The molecule has 1 aliphatic heterocycles. The number of methoxy groups -OCH3 is 1. The number of benzene rings is 1. The van der Waals surface area contributed by atoms with Crippen molar-refractivity contribution in [1.82, 2.24) is 15.1 Å². The molecule has 1 unspecified atom stereocenters. The molecule has 1 fully saturated rings. The van der Waals surface area contributed by atoms with Gasteiger partial charge in [0.05, 0.1) is 13.2 Å². The third-order valence-electron chi connectivity index (χ3n) is 3.71. The lowest BCUT2D eigenvalue weighted by atomic mass is 10.1. The van der Waals surface area contributed by atoms with Crippen LogP contribution in [0.5, 0.6) is 5.88 Å². The van der Waals surface area contributed by atoms with Crippen molar-refractivity contribution >= 4 is 29.3 Å². The van der Waals surface area contributed by atoms with Crippen LogP contribution < -0.4 is 4.74 Å². The summed E-state index contributed by atoms with van der Waals surface area (Å²) in [6.45, 7) is 0.685. The van der Waals surface area contributed by atoms with Gasteiger partial charge >= 0.3 is 0 Å². The second-order valence-corrected chi connectivity index (χ2v) is 6.69. The number of rotatable bonds is 3. The summed E-state index contributed by atoms with van der Waals surface area (Å²) in [4.78, 5) is 14.7. The van der Waals surface area contributed by atoms with Gasteiger partial charge in [-0.1, -0.05) is 23.7 Å². The Balaban J connectivity index is 1.85. The molecular weight excluding hydrogens is 334 g/mol. The predicted molar refractivity (Wildman–Crippen MR) is 91.1 cm³/mol. The third-order valence-corrected chi connectivity index (χ3v) is 4.99. The zero-order valence-electron chi connectivity index (χ0n) is 12.6. The molecule has 1 aromatic heterocycles. The highest BCUT2D eigenvalue weighted by Gasteiger charge is 2.29. The van der Waals surface area contributed by atoms with Gasteiger partial charge in [0, 0.05) is 29.1 Å². The third kappa shape index (κ3) is 3.59. The lowest BCUT2D eigenvalue weighted by Crippen LogP contribution is -2.41. The van der Waals surface area contributed by atoms with Crippen LogP contribution in [-0.4, -0.2) is 46.2 Å². The normalized spacial score (nSPS) is 17.8. The molecule has 2 heterocycles. The van der Waals surface area contributed by atoms with Crippen molar-refractivity contribution < 1.29 is 9.53 Å². The summed E-state index contributed by atoms with van der Waals surface area (Å²) < 4.78 is 4.98. The van der Waals surface area contributed by atoms with Crippen molar-refractivity contribution in [3.05, 3.63) is 52.7 Å². The van der Waals surface area contributed by atoms with Crippen LogP contribution in [0, 0.1) is 0 Å². The molecule has 0 spiro atoms. The van der Waals surface area contributed by atoms with Crippen molar-refractivity contribution in [3.63, 3.8) is 0 Å². The molecule has 0 N–H and O–H groups in total. The van der Waals surface area contributed by atoms with Gasteiger partial charge in [-0.3, -0.25) is 4.79 Å². The minimum absolute atomic E-state index is 0.0161. The first kappa shape index (κ1) is 16.1. The summed E-state index contributed by atoms with van der Waals surface area (Å²) in [5.41, 5.74) is 1.41. The Kier molecular flexibility index (Phi) is 5.03. The van der Waals surface area contributed by atoms with Crippen molar-refractivity contribution in [2.45, 2.75) is 6.04 Å². The molecule has 23 heavy (non-hydrogen) atoms. The van der Waals surface area contributed by atoms with Crippen molar-refractivity contribution in [3.8, 4) is 5.88 Å². The highest BCUT2D eigenvalue weighted by molar-refractivity contribution is 7.99. The number of carbonyl (C=O) groups excluding carboxylic acids is 1. The summed E-state index contributed by atoms with van der Waals surface area (Å²) in [6, 6.07) is 11.0. The largest absolute Gasteiger partial charge is 0.480 e. The van der Waals surface area contributed by atoms with E-state index in [0.717, 1.165) is 17.1 Å². The molecular formula is C16H16ClN3O2S. The maximum Gasteiger partial charge on any atom is 0.274 e. The second kappa shape index (κ2) is 7.19. The van der Waals surface area contributed by atoms with E-state index >= 15 is 0 Å². The maximum absolute atomic E-state index is 12.8. The summed E-state index contributed by atoms with van der Waals surface area (Å²) in [5, 5.41) is 8.54. The van der Waals surface area contributed by atoms with E-state index in [9.17, 15) is 4.79 Å². The smallest absolute Gasteiger partial charge is 0.274 e. The van der Waals surface area contributed by atoms with Gasteiger partial charge in [-0.25, -0.2) is 0 Å². The maximum atomic E-state index is 12.8. The van der Waals surface area contributed by atoms with Crippen LogP contribution in [0.25, 0.3) is 0 Å². The first-order chi connectivity index (χ1) is 11.2. The highest BCUT2D eigenvalue weighted by atomic mass is 35.5. The summed E-state index contributed by atoms with van der Waals surface area (Å²) in [6.07, 6.45) is 0. The number of nitrogens with zero attached hydrogens (tertiary/aromatic N) is 3. The van der Waals surface area contributed by atoms with Crippen LogP contribution in [0.3, 0.4) is 0 Å². The molecule has 1 atom stereocenters. The fourth-order valence-corrected chi connectivity index (χ4v) is 3.71. The Hall–Kier alpha value is -1.79. The van der Waals surface area contributed by atoms with Crippen LogP contribution in [0.2, 0.25) is 5.02 Å². The SMILES string of the molecule is COc1ccc(C(=O)N2CCSCC2c2ccc(Cl)cc2)nn1. The molecule has 120 valence electrons. The van der Waals surface area contributed by atoms with E-state index in [4.69, 9.17) is 16.3 Å². The lowest BCUT2D eigenvalue weighted by Gasteiger charge is -2.35. The summed E-state index contributed by atoms with van der Waals surface area (Å²) in [5.74, 6) is 2.06. The van der Waals surface area contributed by atoms with E-state index in [2.05, 4.69) is 10.2 Å². The van der Waals surface area contributed by atoms with Gasteiger partial charge in [0.25, 0.3) is 5.91 Å². The standard InChI is InChI=1S/C16H16ClN3O2S/c1-22-15-7-6-13(18-19-15)16(21)20-8-9-23-10-14(20)11-2-4-12(17)5-3-11/h2-7,14H,8-10H2,1H3. The van der Waals surface area contributed by atoms with E-state index in [1.54, 1.807) is 12.1 Å². The van der Waals surface area contributed by atoms with Gasteiger partial charge in [-0.05, 0) is 23.8 Å². The first-order valence-corrected chi connectivity index (χ1v) is 8.74. The van der Waals surface area contributed by atoms with Gasteiger partial charge in [0.1, 0.15) is 0 Å². The molecule has 1 aliphatic rings.